The number of para-hydroxylation sites is 1. The standard InChI is InChI=1S/C16H14ClNO2S/c1-20-14-7-6-10(17)8-11(14)13(19)9-16-18-12-4-2-3-5-15(12)21-16/h2-8,13,19H,9H2,1H3. The summed E-state index contributed by atoms with van der Waals surface area (Å²) in [5, 5.41) is 11.9. The van der Waals surface area contributed by atoms with Gasteiger partial charge in [-0.05, 0) is 30.3 Å². The van der Waals surface area contributed by atoms with Crippen LogP contribution < -0.4 is 4.74 Å². The van der Waals surface area contributed by atoms with E-state index in [1.807, 2.05) is 24.3 Å². The number of methoxy groups -OCH3 is 1. The van der Waals surface area contributed by atoms with Crippen molar-refractivity contribution in [2.75, 3.05) is 7.11 Å². The van der Waals surface area contributed by atoms with E-state index in [0.717, 1.165) is 15.2 Å². The summed E-state index contributed by atoms with van der Waals surface area (Å²) in [6.45, 7) is 0. The van der Waals surface area contributed by atoms with E-state index in [1.165, 1.54) is 0 Å². The van der Waals surface area contributed by atoms with Gasteiger partial charge in [-0.3, -0.25) is 0 Å². The predicted molar refractivity (Wildman–Crippen MR) is 86.3 cm³/mol. The molecule has 0 aliphatic heterocycles. The van der Waals surface area contributed by atoms with E-state index in [4.69, 9.17) is 16.3 Å². The highest BCUT2D eigenvalue weighted by Gasteiger charge is 2.16. The van der Waals surface area contributed by atoms with Crippen molar-refractivity contribution in [3.63, 3.8) is 0 Å². The molecule has 0 aliphatic carbocycles. The van der Waals surface area contributed by atoms with Gasteiger partial charge in [0, 0.05) is 17.0 Å². The third-order valence-corrected chi connectivity index (χ3v) is 4.55. The molecular weight excluding hydrogens is 306 g/mol. The van der Waals surface area contributed by atoms with E-state index < -0.39 is 6.10 Å². The Bertz CT molecular complexity index is 739. The van der Waals surface area contributed by atoms with Gasteiger partial charge in [0.25, 0.3) is 0 Å². The minimum Gasteiger partial charge on any atom is -0.496 e. The Morgan fingerprint density at radius 2 is 2.10 bits per heavy atom. The van der Waals surface area contributed by atoms with Crippen LogP contribution in [0, 0.1) is 0 Å². The largest absolute Gasteiger partial charge is 0.496 e. The van der Waals surface area contributed by atoms with Crippen LogP contribution in [0.3, 0.4) is 0 Å². The maximum Gasteiger partial charge on any atom is 0.124 e. The minimum absolute atomic E-state index is 0.441. The Hall–Kier alpha value is -1.62. The number of nitrogens with zero attached hydrogens (tertiary/aromatic N) is 1. The van der Waals surface area contributed by atoms with Gasteiger partial charge in [-0.1, -0.05) is 23.7 Å². The van der Waals surface area contributed by atoms with Crippen LogP contribution in [-0.2, 0) is 6.42 Å². The summed E-state index contributed by atoms with van der Waals surface area (Å²) >= 11 is 7.60. The first-order valence-corrected chi connectivity index (χ1v) is 7.73. The second kappa shape index (κ2) is 6.02. The summed E-state index contributed by atoms with van der Waals surface area (Å²) in [7, 11) is 1.58. The highest BCUT2D eigenvalue weighted by molar-refractivity contribution is 7.18. The lowest BCUT2D eigenvalue weighted by atomic mass is 10.1. The van der Waals surface area contributed by atoms with Crippen LogP contribution in [-0.4, -0.2) is 17.2 Å². The highest BCUT2D eigenvalue weighted by Crippen LogP contribution is 2.32. The Kier molecular flexibility index (Phi) is 4.10. The van der Waals surface area contributed by atoms with E-state index in [2.05, 4.69) is 4.98 Å². The number of rotatable bonds is 4. The van der Waals surface area contributed by atoms with Crippen molar-refractivity contribution >= 4 is 33.2 Å². The molecule has 1 atom stereocenters. The van der Waals surface area contributed by atoms with Crippen molar-refractivity contribution in [3.05, 3.63) is 58.1 Å². The Balaban J connectivity index is 1.88. The summed E-state index contributed by atoms with van der Waals surface area (Å²) in [5.74, 6) is 0.632. The number of hydrogen-bond acceptors (Lipinski definition) is 4. The molecule has 1 unspecified atom stereocenters. The average molecular weight is 320 g/mol. The van der Waals surface area contributed by atoms with Gasteiger partial charge in [-0.15, -0.1) is 11.3 Å². The predicted octanol–water partition coefficient (Wildman–Crippen LogP) is 4.23. The maximum atomic E-state index is 10.5. The number of ether oxygens (including phenoxy) is 1. The molecule has 0 spiro atoms. The molecule has 0 aliphatic rings. The van der Waals surface area contributed by atoms with Crippen LogP contribution in [0.5, 0.6) is 5.75 Å². The van der Waals surface area contributed by atoms with Crippen molar-refractivity contribution in [2.24, 2.45) is 0 Å². The van der Waals surface area contributed by atoms with Crippen LogP contribution in [0.4, 0.5) is 0 Å². The second-order valence-corrected chi connectivity index (χ2v) is 6.23. The SMILES string of the molecule is COc1ccc(Cl)cc1C(O)Cc1nc2ccccc2s1. The number of aliphatic hydroxyl groups excluding tert-OH is 1. The zero-order valence-electron chi connectivity index (χ0n) is 11.4. The fourth-order valence-corrected chi connectivity index (χ4v) is 3.43. The maximum absolute atomic E-state index is 10.5. The lowest BCUT2D eigenvalue weighted by molar-refractivity contribution is 0.174. The van der Waals surface area contributed by atoms with Crippen molar-refractivity contribution in [1.82, 2.24) is 4.98 Å². The van der Waals surface area contributed by atoms with Gasteiger partial charge in [0.2, 0.25) is 0 Å². The molecule has 0 saturated heterocycles. The van der Waals surface area contributed by atoms with Gasteiger partial charge in [0.1, 0.15) is 5.75 Å². The zero-order chi connectivity index (χ0) is 14.8. The van der Waals surface area contributed by atoms with Gasteiger partial charge in [0.05, 0.1) is 28.4 Å². The molecule has 108 valence electrons. The number of thiazole rings is 1. The summed E-state index contributed by atoms with van der Waals surface area (Å²) in [5.41, 5.74) is 1.65. The third kappa shape index (κ3) is 3.02. The summed E-state index contributed by atoms with van der Waals surface area (Å²) < 4.78 is 6.41. The van der Waals surface area contributed by atoms with E-state index in [0.29, 0.717) is 22.8 Å². The molecule has 1 N–H and O–H groups in total. The molecule has 3 aromatic rings. The zero-order valence-corrected chi connectivity index (χ0v) is 13.0. The fourth-order valence-electron chi connectivity index (χ4n) is 2.25. The Morgan fingerprint density at radius 1 is 1.29 bits per heavy atom. The van der Waals surface area contributed by atoms with Crippen molar-refractivity contribution < 1.29 is 9.84 Å². The van der Waals surface area contributed by atoms with Gasteiger partial charge in [-0.2, -0.15) is 0 Å². The number of benzene rings is 2. The smallest absolute Gasteiger partial charge is 0.124 e. The molecule has 0 saturated carbocycles. The second-order valence-electron chi connectivity index (χ2n) is 4.68. The van der Waals surface area contributed by atoms with E-state index in [1.54, 1.807) is 36.6 Å². The lowest BCUT2D eigenvalue weighted by Crippen LogP contribution is -2.04. The van der Waals surface area contributed by atoms with Crippen LogP contribution in [0.25, 0.3) is 10.2 Å². The molecule has 2 aromatic carbocycles. The minimum atomic E-state index is -0.695. The molecule has 0 bridgehead atoms. The first-order chi connectivity index (χ1) is 10.2. The fraction of sp³-hybridized carbons (Fsp3) is 0.188. The molecule has 3 rings (SSSR count). The van der Waals surface area contributed by atoms with E-state index in [-0.39, 0.29) is 0 Å². The van der Waals surface area contributed by atoms with Gasteiger partial charge < -0.3 is 9.84 Å². The van der Waals surface area contributed by atoms with Gasteiger partial charge in [-0.25, -0.2) is 4.98 Å². The van der Waals surface area contributed by atoms with E-state index in [9.17, 15) is 5.11 Å². The molecule has 5 heteroatoms. The number of fused-ring (bicyclic) bond motifs is 1. The van der Waals surface area contributed by atoms with Gasteiger partial charge >= 0.3 is 0 Å². The molecule has 0 amide bonds. The topological polar surface area (TPSA) is 42.4 Å². The number of hydrogen-bond donors (Lipinski definition) is 1. The van der Waals surface area contributed by atoms with E-state index >= 15 is 0 Å². The molecule has 1 aromatic heterocycles. The molecule has 3 nitrogen and oxygen atoms in total. The van der Waals surface area contributed by atoms with Crippen LogP contribution in [0.1, 0.15) is 16.7 Å². The first kappa shape index (κ1) is 14.3. The number of aromatic nitrogens is 1. The molecule has 1 heterocycles. The van der Waals surface area contributed by atoms with Crippen LogP contribution >= 0.6 is 22.9 Å². The number of halogens is 1. The monoisotopic (exact) mass is 319 g/mol. The number of aliphatic hydroxyl groups is 1. The van der Waals surface area contributed by atoms with Crippen molar-refractivity contribution in [3.8, 4) is 5.75 Å². The quantitative estimate of drug-likeness (QED) is 0.782. The molecule has 21 heavy (non-hydrogen) atoms. The third-order valence-electron chi connectivity index (χ3n) is 3.26. The highest BCUT2D eigenvalue weighted by atomic mass is 35.5. The Labute approximate surface area is 131 Å². The summed E-state index contributed by atoms with van der Waals surface area (Å²) in [6, 6.07) is 13.2. The Morgan fingerprint density at radius 3 is 2.86 bits per heavy atom. The van der Waals surface area contributed by atoms with Crippen LogP contribution in [0.15, 0.2) is 42.5 Å². The van der Waals surface area contributed by atoms with Crippen molar-refractivity contribution in [2.45, 2.75) is 12.5 Å². The van der Waals surface area contributed by atoms with Crippen molar-refractivity contribution in [1.29, 1.82) is 0 Å². The average Bonchev–Trinajstić information content (AvgIpc) is 2.89. The lowest BCUT2D eigenvalue weighted by Gasteiger charge is -2.14. The summed E-state index contributed by atoms with van der Waals surface area (Å²) in [4.78, 5) is 4.54. The molecule has 0 radical (unpaired) electrons. The molecular formula is C16H14ClNO2S. The van der Waals surface area contributed by atoms with Gasteiger partial charge in [0.15, 0.2) is 0 Å². The first-order valence-electron chi connectivity index (χ1n) is 6.53. The molecule has 0 fully saturated rings. The summed E-state index contributed by atoms with van der Waals surface area (Å²) in [6.07, 6.45) is -0.255. The normalized spacial score (nSPS) is 12.5. The van der Waals surface area contributed by atoms with Crippen LogP contribution in [0.2, 0.25) is 5.02 Å².